The summed E-state index contributed by atoms with van der Waals surface area (Å²) in [6.07, 6.45) is 6.71. The van der Waals surface area contributed by atoms with Crippen LogP contribution in [-0.4, -0.2) is 54.3 Å². The Bertz CT molecular complexity index is 245. The lowest BCUT2D eigenvalue weighted by Gasteiger charge is -2.36. The van der Waals surface area contributed by atoms with Crippen LogP contribution in [0.2, 0.25) is 0 Å². The van der Waals surface area contributed by atoms with Gasteiger partial charge >= 0.3 is 0 Å². The summed E-state index contributed by atoms with van der Waals surface area (Å²) < 4.78 is 0. The molecule has 106 valence electrons. The molecule has 0 aromatic carbocycles. The first-order chi connectivity index (χ1) is 8.73. The highest BCUT2D eigenvalue weighted by Gasteiger charge is 2.32. The van der Waals surface area contributed by atoms with E-state index in [1.165, 1.54) is 64.8 Å². The highest BCUT2D eigenvalue weighted by Crippen LogP contribution is 2.30. The average molecular weight is 270 g/mol. The molecule has 0 aliphatic carbocycles. The van der Waals surface area contributed by atoms with Crippen LogP contribution >= 0.6 is 12.6 Å². The van der Waals surface area contributed by atoms with Gasteiger partial charge in [-0.1, -0.05) is 13.8 Å². The van der Waals surface area contributed by atoms with Crippen molar-refractivity contribution in [2.75, 3.05) is 38.5 Å². The molecule has 2 aliphatic heterocycles. The monoisotopic (exact) mass is 270 g/mol. The molecule has 2 heterocycles. The standard InChI is InChI=1S/C15H30N2S/c1-3-15(4-2,13-18)12-16-8-6-10-17-9-5-7-14(17)11-16/h14,18H,3-13H2,1-2H3. The van der Waals surface area contributed by atoms with Gasteiger partial charge in [-0.05, 0) is 62.9 Å². The predicted molar refractivity (Wildman–Crippen MR) is 82.5 cm³/mol. The minimum Gasteiger partial charge on any atom is -0.301 e. The summed E-state index contributed by atoms with van der Waals surface area (Å²) in [5.74, 6) is 1.03. The second-order valence-corrected chi connectivity index (χ2v) is 6.60. The molecule has 2 nitrogen and oxygen atoms in total. The Balaban J connectivity index is 1.95. The first kappa shape index (κ1) is 14.7. The number of fused-ring (bicyclic) bond motifs is 1. The van der Waals surface area contributed by atoms with Gasteiger partial charge in [-0.25, -0.2) is 0 Å². The molecule has 2 fully saturated rings. The van der Waals surface area contributed by atoms with E-state index in [4.69, 9.17) is 0 Å². The highest BCUT2D eigenvalue weighted by atomic mass is 32.1. The molecule has 3 heteroatoms. The highest BCUT2D eigenvalue weighted by molar-refractivity contribution is 7.80. The molecule has 0 aromatic heterocycles. The van der Waals surface area contributed by atoms with Crippen molar-refractivity contribution in [2.45, 2.75) is 52.0 Å². The van der Waals surface area contributed by atoms with Crippen LogP contribution in [0.25, 0.3) is 0 Å². The molecule has 2 saturated heterocycles. The molecule has 2 rings (SSSR count). The number of hydrogen-bond donors (Lipinski definition) is 1. The van der Waals surface area contributed by atoms with Crippen molar-refractivity contribution < 1.29 is 0 Å². The summed E-state index contributed by atoms with van der Waals surface area (Å²) in [5.41, 5.74) is 0.441. The molecule has 0 aromatic rings. The van der Waals surface area contributed by atoms with Gasteiger partial charge in [0.15, 0.2) is 0 Å². The molecular weight excluding hydrogens is 240 g/mol. The zero-order valence-corrected chi connectivity index (χ0v) is 13.1. The van der Waals surface area contributed by atoms with Crippen molar-refractivity contribution >= 4 is 12.6 Å². The first-order valence-electron chi connectivity index (χ1n) is 7.80. The number of thiol groups is 1. The zero-order valence-electron chi connectivity index (χ0n) is 12.2. The lowest BCUT2D eigenvalue weighted by molar-refractivity contribution is 0.145. The Morgan fingerprint density at radius 3 is 2.50 bits per heavy atom. The van der Waals surface area contributed by atoms with Gasteiger partial charge in [-0.2, -0.15) is 12.6 Å². The fourth-order valence-corrected chi connectivity index (χ4v) is 4.20. The van der Waals surface area contributed by atoms with Crippen LogP contribution in [0.3, 0.4) is 0 Å². The summed E-state index contributed by atoms with van der Waals surface area (Å²) in [5, 5.41) is 0. The van der Waals surface area contributed by atoms with Gasteiger partial charge in [0.1, 0.15) is 0 Å². The van der Waals surface area contributed by atoms with E-state index in [0.717, 1.165) is 11.8 Å². The van der Waals surface area contributed by atoms with Gasteiger partial charge < -0.3 is 4.90 Å². The molecule has 1 atom stereocenters. The molecule has 0 radical (unpaired) electrons. The number of nitrogens with zero attached hydrogens (tertiary/aromatic N) is 2. The van der Waals surface area contributed by atoms with E-state index in [1.807, 2.05) is 0 Å². The first-order valence-corrected chi connectivity index (χ1v) is 8.43. The van der Waals surface area contributed by atoms with E-state index in [0.29, 0.717) is 5.41 Å². The summed E-state index contributed by atoms with van der Waals surface area (Å²) in [4.78, 5) is 5.46. The summed E-state index contributed by atoms with van der Waals surface area (Å²) in [7, 11) is 0. The Hall–Kier alpha value is 0.270. The lowest BCUT2D eigenvalue weighted by atomic mass is 9.83. The van der Waals surface area contributed by atoms with Crippen molar-refractivity contribution in [1.82, 2.24) is 9.80 Å². The average Bonchev–Trinajstić information content (AvgIpc) is 2.75. The Morgan fingerprint density at radius 1 is 1.11 bits per heavy atom. The van der Waals surface area contributed by atoms with E-state index in [2.05, 4.69) is 36.3 Å². The third-order valence-electron chi connectivity index (χ3n) is 5.28. The lowest BCUT2D eigenvalue weighted by Crippen LogP contribution is -2.43. The van der Waals surface area contributed by atoms with Crippen LogP contribution in [0.4, 0.5) is 0 Å². The van der Waals surface area contributed by atoms with Crippen molar-refractivity contribution in [1.29, 1.82) is 0 Å². The smallest absolute Gasteiger partial charge is 0.0223 e. The molecule has 2 aliphatic rings. The normalized spacial score (nSPS) is 27.2. The number of rotatable bonds is 5. The maximum atomic E-state index is 4.63. The fraction of sp³-hybridized carbons (Fsp3) is 1.00. The second kappa shape index (κ2) is 6.62. The van der Waals surface area contributed by atoms with Crippen molar-refractivity contribution in [3.63, 3.8) is 0 Å². The molecule has 1 unspecified atom stereocenters. The van der Waals surface area contributed by atoms with Crippen LogP contribution in [0.1, 0.15) is 46.0 Å². The third-order valence-corrected chi connectivity index (χ3v) is 5.95. The van der Waals surface area contributed by atoms with Crippen LogP contribution in [0, 0.1) is 5.41 Å². The maximum Gasteiger partial charge on any atom is 0.0223 e. The third kappa shape index (κ3) is 3.23. The van der Waals surface area contributed by atoms with Gasteiger partial charge in [0, 0.05) is 19.1 Å². The van der Waals surface area contributed by atoms with E-state index in [1.54, 1.807) is 0 Å². The Labute approximate surface area is 119 Å². The Morgan fingerprint density at radius 2 is 1.83 bits per heavy atom. The van der Waals surface area contributed by atoms with Crippen LogP contribution < -0.4 is 0 Å². The van der Waals surface area contributed by atoms with Gasteiger partial charge in [0.05, 0.1) is 0 Å². The van der Waals surface area contributed by atoms with Gasteiger partial charge in [0.2, 0.25) is 0 Å². The van der Waals surface area contributed by atoms with Gasteiger partial charge in [0.25, 0.3) is 0 Å². The van der Waals surface area contributed by atoms with Crippen molar-refractivity contribution in [3.8, 4) is 0 Å². The largest absolute Gasteiger partial charge is 0.301 e. The zero-order chi connectivity index (χ0) is 13.0. The molecule has 0 amide bonds. The molecule has 0 N–H and O–H groups in total. The topological polar surface area (TPSA) is 6.48 Å². The van der Waals surface area contributed by atoms with Crippen LogP contribution in [0.15, 0.2) is 0 Å². The summed E-state index contributed by atoms with van der Waals surface area (Å²) in [6.45, 7) is 11.2. The molecule has 0 bridgehead atoms. The minimum atomic E-state index is 0.441. The van der Waals surface area contributed by atoms with Gasteiger partial charge in [-0.15, -0.1) is 0 Å². The minimum absolute atomic E-state index is 0.441. The summed E-state index contributed by atoms with van der Waals surface area (Å²) in [6, 6.07) is 0.846. The van der Waals surface area contributed by atoms with Crippen LogP contribution in [-0.2, 0) is 0 Å². The number of hydrogen-bond acceptors (Lipinski definition) is 3. The Kier molecular flexibility index (Phi) is 5.40. The van der Waals surface area contributed by atoms with E-state index in [9.17, 15) is 0 Å². The predicted octanol–water partition coefficient (Wildman–Crippen LogP) is 2.89. The fourth-order valence-electron chi connectivity index (χ4n) is 3.65. The van der Waals surface area contributed by atoms with Crippen molar-refractivity contribution in [2.24, 2.45) is 5.41 Å². The molecule has 18 heavy (non-hydrogen) atoms. The van der Waals surface area contributed by atoms with Crippen molar-refractivity contribution in [3.05, 3.63) is 0 Å². The van der Waals surface area contributed by atoms with E-state index >= 15 is 0 Å². The maximum absolute atomic E-state index is 4.63. The molecular formula is C15H30N2S. The second-order valence-electron chi connectivity index (χ2n) is 6.29. The van der Waals surface area contributed by atoms with E-state index in [-0.39, 0.29) is 0 Å². The molecule has 0 saturated carbocycles. The van der Waals surface area contributed by atoms with Crippen LogP contribution in [0.5, 0.6) is 0 Å². The SMILES string of the molecule is CCC(CC)(CS)CN1CCCN2CCCC2C1. The molecule has 0 spiro atoms. The quantitative estimate of drug-likeness (QED) is 0.768. The summed E-state index contributed by atoms with van der Waals surface area (Å²) >= 11 is 4.63. The van der Waals surface area contributed by atoms with E-state index < -0.39 is 0 Å². The van der Waals surface area contributed by atoms with Gasteiger partial charge in [-0.3, -0.25) is 4.90 Å².